The van der Waals surface area contributed by atoms with Crippen LogP contribution in [-0.4, -0.2) is 55.6 Å². The summed E-state index contributed by atoms with van der Waals surface area (Å²) in [6, 6.07) is 12.1. The zero-order chi connectivity index (χ0) is 15.2. The van der Waals surface area contributed by atoms with E-state index < -0.39 is 0 Å². The number of hydrogen-bond acceptors (Lipinski definition) is 3. The van der Waals surface area contributed by atoms with Crippen molar-refractivity contribution >= 4 is 0 Å². The van der Waals surface area contributed by atoms with Crippen LogP contribution in [-0.2, 0) is 6.42 Å². The van der Waals surface area contributed by atoms with Gasteiger partial charge in [-0.15, -0.1) is 0 Å². The third kappa shape index (κ3) is 4.80. The van der Waals surface area contributed by atoms with E-state index in [0.717, 1.165) is 13.0 Å². The predicted octanol–water partition coefficient (Wildman–Crippen LogP) is 2.36. The lowest BCUT2D eigenvalue weighted by molar-refractivity contribution is 0.0883. The number of nitrogens with zero attached hydrogens (tertiary/aromatic N) is 2. The molecule has 0 saturated heterocycles. The molecule has 0 spiro atoms. The summed E-state index contributed by atoms with van der Waals surface area (Å²) in [6.45, 7) is 0.976. The molecule has 0 aromatic heterocycles. The highest BCUT2D eigenvalue weighted by molar-refractivity contribution is 5.15. The maximum absolute atomic E-state index is 6.38. The minimum absolute atomic E-state index is 0.210. The standard InChI is InChI=1S/C18H31N3/c1-20(2)17-11-7-8-12-18(17)21(3)14-16(19)13-15-9-5-4-6-10-15/h4-6,9-10,16-18H,7-8,11-14,19H2,1-3H3/t16-,17+,18+/m0/s1. The van der Waals surface area contributed by atoms with Crippen molar-refractivity contribution in [1.29, 1.82) is 0 Å². The van der Waals surface area contributed by atoms with Crippen LogP contribution in [0.1, 0.15) is 31.2 Å². The van der Waals surface area contributed by atoms with Gasteiger partial charge in [0.25, 0.3) is 0 Å². The van der Waals surface area contributed by atoms with Crippen molar-refractivity contribution in [1.82, 2.24) is 9.80 Å². The summed E-state index contributed by atoms with van der Waals surface area (Å²) in [4.78, 5) is 4.89. The predicted molar refractivity (Wildman–Crippen MR) is 90.5 cm³/mol. The van der Waals surface area contributed by atoms with Crippen LogP contribution in [0.5, 0.6) is 0 Å². The fourth-order valence-electron chi connectivity index (χ4n) is 3.69. The van der Waals surface area contributed by atoms with Crippen LogP contribution in [0, 0.1) is 0 Å². The number of rotatable bonds is 6. The molecule has 0 unspecified atom stereocenters. The van der Waals surface area contributed by atoms with Gasteiger partial charge in [-0.1, -0.05) is 43.2 Å². The zero-order valence-electron chi connectivity index (χ0n) is 13.8. The highest BCUT2D eigenvalue weighted by Gasteiger charge is 2.30. The second-order valence-corrected chi connectivity index (χ2v) is 6.77. The largest absolute Gasteiger partial charge is 0.326 e. The number of benzene rings is 1. The number of hydrogen-bond donors (Lipinski definition) is 1. The Morgan fingerprint density at radius 3 is 2.29 bits per heavy atom. The topological polar surface area (TPSA) is 32.5 Å². The monoisotopic (exact) mass is 289 g/mol. The third-order valence-corrected chi connectivity index (χ3v) is 4.79. The fraction of sp³-hybridized carbons (Fsp3) is 0.667. The molecule has 0 aliphatic heterocycles. The van der Waals surface area contributed by atoms with E-state index in [1.807, 2.05) is 0 Å². The molecule has 1 aliphatic rings. The van der Waals surface area contributed by atoms with Crippen molar-refractivity contribution in [2.24, 2.45) is 5.73 Å². The molecule has 118 valence electrons. The van der Waals surface area contributed by atoms with E-state index in [2.05, 4.69) is 61.3 Å². The molecule has 0 bridgehead atoms. The molecule has 0 heterocycles. The second-order valence-electron chi connectivity index (χ2n) is 6.77. The summed E-state index contributed by atoms with van der Waals surface area (Å²) < 4.78 is 0. The van der Waals surface area contributed by atoms with Crippen LogP contribution in [0.3, 0.4) is 0 Å². The maximum Gasteiger partial charge on any atom is 0.0248 e. The first kappa shape index (κ1) is 16.5. The highest BCUT2D eigenvalue weighted by atomic mass is 15.2. The lowest BCUT2D eigenvalue weighted by Crippen LogP contribution is -2.52. The van der Waals surface area contributed by atoms with Gasteiger partial charge < -0.3 is 15.5 Å². The van der Waals surface area contributed by atoms with Crippen molar-refractivity contribution in [2.45, 2.75) is 50.2 Å². The fourth-order valence-corrected chi connectivity index (χ4v) is 3.69. The molecule has 1 aliphatic carbocycles. The first-order chi connectivity index (χ1) is 10.1. The summed E-state index contributed by atoms with van der Waals surface area (Å²) in [5.41, 5.74) is 7.72. The zero-order valence-corrected chi connectivity index (χ0v) is 13.8. The summed E-state index contributed by atoms with van der Waals surface area (Å²) in [7, 11) is 6.67. The Morgan fingerprint density at radius 1 is 1.05 bits per heavy atom. The molecule has 1 fully saturated rings. The molecular formula is C18H31N3. The first-order valence-electron chi connectivity index (χ1n) is 8.24. The average molecular weight is 289 g/mol. The number of nitrogens with two attached hydrogens (primary N) is 1. The molecule has 3 nitrogen and oxygen atoms in total. The van der Waals surface area contributed by atoms with Crippen LogP contribution in [0.2, 0.25) is 0 Å². The van der Waals surface area contributed by atoms with Crippen LogP contribution >= 0.6 is 0 Å². The van der Waals surface area contributed by atoms with Crippen molar-refractivity contribution < 1.29 is 0 Å². The van der Waals surface area contributed by atoms with Gasteiger partial charge in [0.1, 0.15) is 0 Å². The molecule has 3 atom stereocenters. The highest BCUT2D eigenvalue weighted by Crippen LogP contribution is 2.25. The Kier molecular flexibility index (Phi) is 6.22. The van der Waals surface area contributed by atoms with E-state index in [9.17, 15) is 0 Å². The van der Waals surface area contributed by atoms with Crippen LogP contribution in [0.15, 0.2) is 30.3 Å². The van der Waals surface area contributed by atoms with E-state index in [1.54, 1.807) is 0 Å². The molecule has 2 N–H and O–H groups in total. The first-order valence-corrected chi connectivity index (χ1v) is 8.24. The molecule has 1 saturated carbocycles. The smallest absolute Gasteiger partial charge is 0.0248 e. The average Bonchev–Trinajstić information content (AvgIpc) is 2.48. The molecule has 21 heavy (non-hydrogen) atoms. The molecule has 0 radical (unpaired) electrons. The summed E-state index contributed by atoms with van der Waals surface area (Å²) in [5.74, 6) is 0. The quantitative estimate of drug-likeness (QED) is 0.872. The van der Waals surface area contributed by atoms with Crippen molar-refractivity contribution in [3.05, 3.63) is 35.9 Å². The van der Waals surface area contributed by atoms with Gasteiger partial charge in [0.15, 0.2) is 0 Å². The van der Waals surface area contributed by atoms with Gasteiger partial charge in [-0.3, -0.25) is 0 Å². The van der Waals surface area contributed by atoms with Gasteiger partial charge in [0.05, 0.1) is 0 Å². The lowest BCUT2D eigenvalue weighted by atomic mass is 9.88. The molecule has 1 aromatic carbocycles. The Labute approximate surface area is 130 Å². The van der Waals surface area contributed by atoms with Gasteiger partial charge in [-0.05, 0) is 46.0 Å². The van der Waals surface area contributed by atoms with Gasteiger partial charge in [-0.2, -0.15) is 0 Å². The van der Waals surface area contributed by atoms with Crippen LogP contribution < -0.4 is 5.73 Å². The molecule has 0 amide bonds. The van der Waals surface area contributed by atoms with E-state index in [0.29, 0.717) is 12.1 Å². The van der Waals surface area contributed by atoms with Crippen LogP contribution in [0.4, 0.5) is 0 Å². The summed E-state index contributed by atoms with van der Waals surface area (Å²) in [6.07, 6.45) is 6.30. The Balaban J connectivity index is 1.88. The van der Waals surface area contributed by atoms with E-state index in [-0.39, 0.29) is 6.04 Å². The van der Waals surface area contributed by atoms with Gasteiger partial charge in [0, 0.05) is 24.7 Å². The molecule has 2 rings (SSSR count). The third-order valence-electron chi connectivity index (χ3n) is 4.79. The van der Waals surface area contributed by atoms with E-state index in [4.69, 9.17) is 5.73 Å². The lowest BCUT2D eigenvalue weighted by Gasteiger charge is -2.42. The summed E-state index contributed by atoms with van der Waals surface area (Å²) >= 11 is 0. The summed E-state index contributed by atoms with van der Waals surface area (Å²) in [5, 5.41) is 0. The Hall–Kier alpha value is -0.900. The molecule has 1 aromatic rings. The Morgan fingerprint density at radius 2 is 1.67 bits per heavy atom. The van der Waals surface area contributed by atoms with Crippen molar-refractivity contribution in [3.8, 4) is 0 Å². The van der Waals surface area contributed by atoms with Gasteiger partial charge in [-0.25, -0.2) is 0 Å². The number of likely N-dealkylation sites (N-methyl/N-ethyl adjacent to an activating group) is 2. The normalized spacial score (nSPS) is 24.5. The molecular weight excluding hydrogens is 258 g/mol. The van der Waals surface area contributed by atoms with Crippen LogP contribution in [0.25, 0.3) is 0 Å². The van der Waals surface area contributed by atoms with E-state index in [1.165, 1.54) is 31.2 Å². The SMILES string of the molecule is CN(C)[C@@H]1CCCC[C@H]1N(C)C[C@@H](N)Cc1ccccc1. The minimum Gasteiger partial charge on any atom is -0.326 e. The maximum atomic E-state index is 6.38. The van der Waals surface area contributed by atoms with Crippen molar-refractivity contribution in [3.63, 3.8) is 0 Å². The second kappa shape index (κ2) is 7.92. The van der Waals surface area contributed by atoms with Gasteiger partial charge in [0.2, 0.25) is 0 Å². The minimum atomic E-state index is 0.210. The molecule has 3 heteroatoms. The van der Waals surface area contributed by atoms with Crippen molar-refractivity contribution in [2.75, 3.05) is 27.7 Å². The Bertz CT molecular complexity index is 404. The van der Waals surface area contributed by atoms with Gasteiger partial charge >= 0.3 is 0 Å². The van der Waals surface area contributed by atoms with E-state index >= 15 is 0 Å².